The number of benzene rings is 1. The standard InChI is InChI=1S/C18H21FN4O.C2HF3O2/c1-12(17(20)18(24)23-7-6-16(19)10-23)13-2-4-14(5-3-13)15-8-21-11-22-9-15;3-2(4,5)1(6)7/h2-5,8-9,11-12,16-17H,6-7,10,20H2,1H3;(H,6,7)/t12-,16-,17-;/m0./s1. The summed E-state index contributed by atoms with van der Waals surface area (Å²) in [6.07, 6.45) is -0.613. The summed E-state index contributed by atoms with van der Waals surface area (Å²) in [5.74, 6) is -3.08. The summed E-state index contributed by atoms with van der Waals surface area (Å²) in [6, 6.07) is 7.19. The second-order valence-corrected chi connectivity index (χ2v) is 7.04. The van der Waals surface area contributed by atoms with Crippen molar-refractivity contribution in [2.75, 3.05) is 13.1 Å². The molecule has 2 aromatic rings. The molecule has 0 unspecified atom stereocenters. The molecule has 1 aromatic carbocycles. The fraction of sp³-hybridized carbons (Fsp3) is 0.400. The Kier molecular flexibility index (Phi) is 8.03. The van der Waals surface area contributed by atoms with E-state index in [-0.39, 0.29) is 18.4 Å². The van der Waals surface area contributed by atoms with E-state index in [0.29, 0.717) is 13.0 Å². The van der Waals surface area contributed by atoms with Crippen LogP contribution >= 0.6 is 0 Å². The highest BCUT2D eigenvalue weighted by Crippen LogP contribution is 2.25. The number of carbonyl (C=O) groups is 2. The number of hydrogen-bond acceptors (Lipinski definition) is 5. The van der Waals surface area contributed by atoms with Crippen molar-refractivity contribution in [2.24, 2.45) is 5.73 Å². The number of carboxylic acids is 1. The van der Waals surface area contributed by atoms with Crippen molar-refractivity contribution in [1.29, 1.82) is 0 Å². The van der Waals surface area contributed by atoms with Gasteiger partial charge >= 0.3 is 12.1 Å². The van der Waals surface area contributed by atoms with E-state index in [9.17, 15) is 22.4 Å². The lowest BCUT2D eigenvalue weighted by atomic mass is 9.92. The van der Waals surface area contributed by atoms with Crippen molar-refractivity contribution in [1.82, 2.24) is 14.9 Å². The van der Waals surface area contributed by atoms with Gasteiger partial charge < -0.3 is 15.7 Å². The van der Waals surface area contributed by atoms with Crippen LogP contribution in [0.4, 0.5) is 17.6 Å². The molecule has 0 saturated carbocycles. The molecule has 3 N–H and O–H groups in total. The molecule has 0 bridgehead atoms. The van der Waals surface area contributed by atoms with Crippen LogP contribution in [0.15, 0.2) is 43.0 Å². The molecule has 0 radical (unpaired) electrons. The summed E-state index contributed by atoms with van der Waals surface area (Å²) in [5.41, 5.74) is 9.05. The summed E-state index contributed by atoms with van der Waals surface area (Å²) in [5, 5.41) is 7.12. The zero-order valence-electron chi connectivity index (χ0n) is 16.6. The Balaban J connectivity index is 0.000000423. The molecule has 2 heterocycles. The molecular formula is C20H22F4N4O3. The quantitative estimate of drug-likeness (QED) is 0.705. The van der Waals surface area contributed by atoms with Crippen molar-refractivity contribution in [3.05, 3.63) is 48.5 Å². The molecule has 1 aliphatic rings. The van der Waals surface area contributed by atoms with Gasteiger partial charge in [-0.25, -0.2) is 19.2 Å². The van der Waals surface area contributed by atoms with Crippen molar-refractivity contribution in [3.63, 3.8) is 0 Å². The van der Waals surface area contributed by atoms with Crippen LogP contribution in [0.5, 0.6) is 0 Å². The number of halogens is 4. The predicted octanol–water partition coefficient (Wildman–Crippen LogP) is 2.78. The minimum atomic E-state index is -5.08. The number of alkyl halides is 4. The van der Waals surface area contributed by atoms with E-state index >= 15 is 0 Å². The Morgan fingerprint density at radius 1 is 1.16 bits per heavy atom. The van der Waals surface area contributed by atoms with Crippen molar-refractivity contribution in [3.8, 4) is 11.1 Å². The van der Waals surface area contributed by atoms with E-state index < -0.39 is 24.4 Å². The first-order valence-electron chi connectivity index (χ1n) is 9.34. The van der Waals surface area contributed by atoms with E-state index in [4.69, 9.17) is 15.6 Å². The van der Waals surface area contributed by atoms with Crippen LogP contribution in [-0.2, 0) is 9.59 Å². The van der Waals surface area contributed by atoms with Crippen LogP contribution in [0.25, 0.3) is 11.1 Å². The van der Waals surface area contributed by atoms with Crippen LogP contribution in [0, 0.1) is 0 Å². The van der Waals surface area contributed by atoms with Crippen molar-refractivity contribution in [2.45, 2.75) is 37.7 Å². The van der Waals surface area contributed by atoms with Gasteiger partial charge in [0.15, 0.2) is 0 Å². The maximum atomic E-state index is 13.3. The number of nitrogens with zero attached hydrogens (tertiary/aromatic N) is 3. The molecule has 3 atom stereocenters. The molecule has 1 amide bonds. The van der Waals surface area contributed by atoms with Gasteiger partial charge in [-0.3, -0.25) is 4.79 Å². The van der Waals surface area contributed by atoms with Crippen molar-refractivity contribution < 1.29 is 32.3 Å². The van der Waals surface area contributed by atoms with Gasteiger partial charge in [-0.05, 0) is 17.5 Å². The highest BCUT2D eigenvalue weighted by molar-refractivity contribution is 5.83. The fourth-order valence-corrected chi connectivity index (χ4v) is 2.98. The normalized spacial score (nSPS) is 18.0. The molecular weight excluding hydrogens is 420 g/mol. The fourth-order valence-electron chi connectivity index (χ4n) is 2.98. The van der Waals surface area contributed by atoms with Gasteiger partial charge in [-0.15, -0.1) is 0 Å². The van der Waals surface area contributed by atoms with E-state index in [2.05, 4.69) is 9.97 Å². The van der Waals surface area contributed by atoms with Crippen molar-refractivity contribution >= 4 is 11.9 Å². The third-order valence-corrected chi connectivity index (χ3v) is 4.84. The first kappa shape index (κ1) is 24.2. The SMILES string of the molecule is C[C@@H](c1ccc(-c2cncnc2)cc1)[C@H](N)C(=O)N1CC[C@H](F)C1.O=C(O)C(F)(F)F. The average Bonchev–Trinajstić information content (AvgIpc) is 3.19. The summed E-state index contributed by atoms with van der Waals surface area (Å²) < 4.78 is 45.0. The van der Waals surface area contributed by atoms with E-state index in [1.165, 1.54) is 11.2 Å². The number of carbonyl (C=O) groups excluding carboxylic acids is 1. The Labute approximate surface area is 175 Å². The number of rotatable bonds is 4. The Morgan fingerprint density at radius 3 is 2.16 bits per heavy atom. The van der Waals surface area contributed by atoms with Gasteiger partial charge in [0.2, 0.25) is 5.91 Å². The van der Waals surface area contributed by atoms with Crippen LogP contribution < -0.4 is 5.73 Å². The maximum Gasteiger partial charge on any atom is 0.490 e. The zero-order chi connectivity index (χ0) is 23.2. The Morgan fingerprint density at radius 2 is 1.71 bits per heavy atom. The minimum Gasteiger partial charge on any atom is -0.475 e. The minimum absolute atomic E-state index is 0.141. The zero-order valence-corrected chi connectivity index (χ0v) is 16.6. The number of carboxylic acid groups (broad SMARTS) is 1. The molecule has 1 aromatic heterocycles. The van der Waals surface area contributed by atoms with Gasteiger partial charge in [0, 0.05) is 30.4 Å². The lowest BCUT2D eigenvalue weighted by Gasteiger charge is -2.25. The highest BCUT2D eigenvalue weighted by atomic mass is 19.4. The number of aliphatic carboxylic acids is 1. The van der Waals surface area contributed by atoms with E-state index in [0.717, 1.165) is 16.7 Å². The Bertz CT molecular complexity index is 878. The van der Waals surface area contributed by atoms with Gasteiger partial charge in [0.25, 0.3) is 0 Å². The van der Waals surface area contributed by atoms with Gasteiger partial charge in [-0.1, -0.05) is 31.2 Å². The summed E-state index contributed by atoms with van der Waals surface area (Å²) in [4.78, 5) is 30.9. The first-order chi connectivity index (χ1) is 14.5. The highest BCUT2D eigenvalue weighted by Gasteiger charge is 2.38. The Hall–Kier alpha value is -3.08. The maximum absolute atomic E-state index is 13.3. The molecule has 168 valence electrons. The van der Waals surface area contributed by atoms with Crippen LogP contribution in [-0.4, -0.2) is 63.3 Å². The second kappa shape index (κ2) is 10.3. The molecule has 0 aliphatic carbocycles. The van der Waals surface area contributed by atoms with Crippen LogP contribution in [0.3, 0.4) is 0 Å². The number of likely N-dealkylation sites (tertiary alicyclic amines) is 1. The number of nitrogens with two attached hydrogens (primary N) is 1. The third kappa shape index (κ3) is 6.71. The lowest BCUT2D eigenvalue weighted by Crippen LogP contribution is -2.45. The van der Waals surface area contributed by atoms with Gasteiger partial charge in [0.1, 0.15) is 12.5 Å². The molecule has 11 heteroatoms. The molecule has 1 aliphatic heterocycles. The number of aromatic nitrogens is 2. The third-order valence-electron chi connectivity index (χ3n) is 4.84. The smallest absolute Gasteiger partial charge is 0.475 e. The average molecular weight is 442 g/mol. The summed E-state index contributed by atoms with van der Waals surface area (Å²) >= 11 is 0. The number of amides is 1. The molecule has 3 rings (SSSR count). The largest absolute Gasteiger partial charge is 0.490 e. The summed E-state index contributed by atoms with van der Waals surface area (Å²) in [7, 11) is 0. The molecule has 1 fully saturated rings. The number of hydrogen-bond donors (Lipinski definition) is 2. The molecule has 7 nitrogen and oxygen atoms in total. The first-order valence-corrected chi connectivity index (χ1v) is 9.34. The van der Waals surface area contributed by atoms with Crippen LogP contribution in [0.2, 0.25) is 0 Å². The molecule has 1 saturated heterocycles. The molecule has 0 spiro atoms. The topological polar surface area (TPSA) is 109 Å². The lowest BCUT2D eigenvalue weighted by molar-refractivity contribution is -0.192. The second-order valence-electron chi connectivity index (χ2n) is 7.04. The van der Waals surface area contributed by atoms with Crippen LogP contribution in [0.1, 0.15) is 24.8 Å². The van der Waals surface area contributed by atoms with Gasteiger partial charge in [-0.2, -0.15) is 13.2 Å². The van der Waals surface area contributed by atoms with E-state index in [1.807, 2.05) is 31.2 Å². The van der Waals surface area contributed by atoms with Gasteiger partial charge in [0.05, 0.1) is 12.6 Å². The monoisotopic (exact) mass is 442 g/mol. The predicted molar refractivity (Wildman–Crippen MR) is 104 cm³/mol. The summed E-state index contributed by atoms with van der Waals surface area (Å²) in [6.45, 7) is 2.53. The van der Waals surface area contributed by atoms with E-state index in [1.54, 1.807) is 12.4 Å². The molecule has 31 heavy (non-hydrogen) atoms.